The Morgan fingerprint density at radius 1 is 1.28 bits per heavy atom. The van der Waals surface area contributed by atoms with Crippen LogP contribution in [-0.2, 0) is 13.1 Å². The summed E-state index contributed by atoms with van der Waals surface area (Å²) in [5.74, 6) is 1.05. The predicted molar refractivity (Wildman–Crippen MR) is 71.4 cm³/mol. The standard InChI is InChI=1S/C13H21N5/c1-10-7-15-18(8-10)6-5-17-9-13(11(2)14-4)16-12(17)3/h7-9,11,14H,5-6H2,1-4H3. The third-order valence-electron chi connectivity index (χ3n) is 3.20. The Labute approximate surface area is 108 Å². The fourth-order valence-electron chi connectivity index (χ4n) is 1.92. The number of hydrogen-bond donors (Lipinski definition) is 1. The van der Waals surface area contributed by atoms with Gasteiger partial charge in [0.25, 0.3) is 0 Å². The molecule has 5 nitrogen and oxygen atoms in total. The monoisotopic (exact) mass is 247 g/mol. The van der Waals surface area contributed by atoms with Crippen molar-refractivity contribution in [1.29, 1.82) is 0 Å². The number of aromatic nitrogens is 4. The summed E-state index contributed by atoms with van der Waals surface area (Å²) in [5, 5.41) is 7.49. The molecule has 0 radical (unpaired) electrons. The molecular formula is C13H21N5. The summed E-state index contributed by atoms with van der Waals surface area (Å²) in [7, 11) is 1.95. The molecule has 18 heavy (non-hydrogen) atoms. The van der Waals surface area contributed by atoms with E-state index in [9.17, 15) is 0 Å². The van der Waals surface area contributed by atoms with Gasteiger partial charge in [0.1, 0.15) is 5.82 Å². The van der Waals surface area contributed by atoms with Gasteiger partial charge in [-0.3, -0.25) is 4.68 Å². The second kappa shape index (κ2) is 5.35. The van der Waals surface area contributed by atoms with Crippen LogP contribution < -0.4 is 5.32 Å². The Kier molecular flexibility index (Phi) is 3.81. The molecule has 0 fully saturated rings. The maximum atomic E-state index is 4.57. The average molecular weight is 247 g/mol. The lowest BCUT2D eigenvalue weighted by molar-refractivity contribution is 0.525. The molecule has 0 spiro atoms. The van der Waals surface area contributed by atoms with E-state index in [2.05, 4.69) is 46.2 Å². The zero-order valence-corrected chi connectivity index (χ0v) is 11.5. The maximum absolute atomic E-state index is 4.57. The molecule has 0 saturated carbocycles. The van der Waals surface area contributed by atoms with Gasteiger partial charge in [-0.25, -0.2) is 4.98 Å². The van der Waals surface area contributed by atoms with Crippen molar-refractivity contribution in [2.24, 2.45) is 0 Å². The van der Waals surface area contributed by atoms with E-state index >= 15 is 0 Å². The van der Waals surface area contributed by atoms with Gasteiger partial charge < -0.3 is 9.88 Å². The summed E-state index contributed by atoms with van der Waals surface area (Å²) < 4.78 is 4.15. The lowest BCUT2D eigenvalue weighted by atomic mass is 10.3. The third-order valence-corrected chi connectivity index (χ3v) is 3.20. The minimum atomic E-state index is 0.289. The molecule has 0 bridgehead atoms. The summed E-state index contributed by atoms with van der Waals surface area (Å²) in [6.45, 7) is 7.98. The van der Waals surface area contributed by atoms with Gasteiger partial charge >= 0.3 is 0 Å². The first kappa shape index (κ1) is 12.8. The molecule has 0 aliphatic carbocycles. The van der Waals surface area contributed by atoms with Crippen LogP contribution in [0.5, 0.6) is 0 Å². The molecule has 0 saturated heterocycles. The molecule has 5 heteroatoms. The van der Waals surface area contributed by atoms with Crippen molar-refractivity contribution >= 4 is 0 Å². The molecule has 0 aliphatic heterocycles. The van der Waals surface area contributed by atoms with E-state index < -0.39 is 0 Å². The lowest BCUT2D eigenvalue weighted by Gasteiger charge is -2.06. The van der Waals surface area contributed by atoms with Crippen LogP contribution in [0.15, 0.2) is 18.6 Å². The van der Waals surface area contributed by atoms with Crippen LogP contribution in [0.25, 0.3) is 0 Å². The largest absolute Gasteiger partial charge is 0.333 e. The van der Waals surface area contributed by atoms with E-state index in [-0.39, 0.29) is 6.04 Å². The normalized spacial score (nSPS) is 12.9. The van der Waals surface area contributed by atoms with Crippen molar-refractivity contribution in [2.45, 2.75) is 39.9 Å². The predicted octanol–water partition coefficient (Wildman–Crippen LogP) is 1.68. The molecule has 1 N–H and O–H groups in total. The van der Waals surface area contributed by atoms with E-state index in [1.807, 2.05) is 24.9 Å². The van der Waals surface area contributed by atoms with Gasteiger partial charge in [0, 0.05) is 25.0 Å². The number of nitrogens with one attached hydrogen (secondary N) is 1. The topological polar surface area (TPSA) is 47.7 Å². The maximum Gasteiger partial charge on any atom is 0.105 e. The van der Waals surface area contributed by atoms with Crippen molar-refractivity contribution in [2.75, 3.05) is 7.05 Å². The fraction of sp³-hybridized carbons (Fsp3) is 0.538. The molecule has 0 aromatic carbocycles. The first-order valence-corrected chi connectivity index (χ1v) is 6.30. The summed E-state index contributed by atoms with van der Waals surface area (Å²) in [6, 6.07) is 0.289. The molecule has 1 unspecified atom stereocenters. The minimum absolute atomic E-state index is 0.289. The van der Waals surface area contributed by atoms with Crippen molar-refractivity contribution in [3.63, 3.8) is 0 Å². The zero-order chi connectivity index (χ0) is 13.1. The molecule has 0 aliphatic rings. The third kappa shape index (κ3) is 2.79. The first-order valence-electron chi connectivity index (χ1n) is 6.30. The Morgan fingerprint density at radius 3 is 2.67 bits per heavy atom. The summed E-state index contributed by atoms with van der Waals surface area (Å²) in [4.78, 5) is 4.57. The highest BCUT2D eigenvalue weighted by Crippen LogP contribution is 2.11. The number of rotatable bonds is 5. The van der Waals surface area contributed by atoms with Crippen LogP contribution in [0, 0.1) is 13.8 Å². The first-order chi connectivity index (χ1) is 8.60. The highest BCUT2D eigenvalue weighted by Gasteiger charge is 2.09. The second-order valence-corrected chi connectivity index (χ2v) is 4.70. The van der Waals surface area contributed by atoms with E-state index in [1.54, 1.807) is 0 Å². The SMILES string of the molecule is CNC(C)c1cn(CCn2cc(C)cn2)c(C)n1. The molecule has 98 valence electrons. The Bertz CT molecular complexity index is 511. The molecule has 2 aromatic heterocycles. The van der Waals surface area contributed by atoms with Crippen LogP contribution >= 0.6 is 0 Å². The van der Waals surface area contributed by atoms with E-state index in [0.29, 0.717) is 0 Å². The molecule has 1 atom stereocenters. The van der Waals surface area contributed by atoms with Crippen molar-refractivity contribution in [1.82, 2.24) is 24.6 Å². The number of imidazole rings is 1. The van der Waals surface area contributed by atoms with Crippen LogP contribution in [0.1, 0.15) is 30.0 Å². The van der Waals surface area contributed by atoms with Crippen LogP contribution in [0.3, 0.4) is 0 Å². The molecule has 2 heterocycles. The average Bonchev–Trinajstić information content (AvgIpc) is 2.92. The zero-order valence-electron chi connectivity index (χ0n) is 11.5. The van der Waals surface area contributed by atoms with Crippen LogP contribution in [-0.4, -0.2) is 26.4 Å². The number of aryl methyl sites for hydroxylation is 4. The van der Waals surface area contributed by atoms with E-state index in [1.165, 1.54) is 5.56 Å². The van der Waals surface area contributed by atoms with Gasteiger partial charge in [-0.2, -0.15) is 5.10 Å². The summed E-state index contributed by atoms with van der Waals surface area (Å²) in [6.07, 6.45) is 6.06. The van der Waals surface area contributed by atoms with E-state index in [4.69, 9.17) is 0 Å². The quantitative estimate of drug-likeness (QED) is 0.874. The Hall–Kier alpha value is -1.62. The van der Waals surface area contributed by atoms with Gasteiger partial charge in [-0.05, 0) is 33.4 Å². The lowest BCUT2D eigenvalue weighted by Crippen LogP contribution is -2.12. The van der Waals surface area contributed by atoms with Gasteiger partial charge in [0.05, 0.1) is 18.4 Å². The minimum Gasteiger partial charge on any atom is -0.333 e. The van der Waals surface area contributed by atoms with Crippen molar-refractivity contribution < 1.29 is 0 Å². The van der Waals surface area contributed by atoms with Gasteiger partial charge in [0.15, 0.2) is 0 Å². The molecule has 2 aromatic rings. The van der Waals surface area contributed by atoms with Crippen molar-refractivity contribution in [3.8, 4) is 0 Å². The molecule has 0 amide bonds. The Morgan fingerprint density at radius 2 is 2.06 bits per heavy atom. The molecular weight excluding hydrogens is 226 g/mol. The highest BCUT2D eigenvalue weighted by atomic mass is 15.3. The summed E-state index contributed by atoms with van der Waals surface area (Å²) in [5.41, 5.74) is 2.29. The fourth-order valence-corrected chi connectivity index (χ4v) is 1.92. The Balaban J connectivity index is 2.03. The highest BCUT2D eigenvalue weighted by molar-refractivity contribution is 5.07. The molecule has 2 rings (SSSR count). The van der Waals surface area contributed by atoms with Crippen LogP contribution in [0.4, 0.5) is 0 Å². The van der Waals surface area contributed by atoms with Gasteiger partial charge in [-0.1, -0.05) is 0 Å². The number of hydrogen-bond acceptors (Lipinski definition) is 3. The van der Waals surface area contributed by atoms with Gasteiger partial charge in [0.2, 0.25) is 0 Å². The van der Waals surface area contributed by atoms with Crippen LogP contribution in [0.2, 0.25) is 0 Å². The van der Waals surface area contributed by atoms with Crippen molar-refractivity contribution in [3.05, 3.63) is 35.7 Å². The van der Waals surface area contributed by atoms with E-state index in [0.717, 1.165) is 24.6 Å². The smallest absolute Gasteiger partial charge is 0.105 e. The summed E-state index contributed by atoms with van der Waals surface area (Å²) >= 11 is 0. The van der Waals surface area contributed by atoms with Gasteiger partial charge in [-0.15, -0.1) is 0 Å². The second-order valence-electron chi connectivity index (χ2n) is 4.70. The number of nitrogens with zero attached hydrogens (tertiary/aromatic N) is 4.